The summed E-state index contributed by atoms with van der Waals surface area (Å²) in [5, 5.41) is 0. The van der Waals surface area contributed by atoms with Crippen molar-refractivity contribution in [3.05, 3.63) is 0 Å². The van der Waals surface area contributed by atoms with Crippen molar-refractivity contribution in [1.29, 1.82) is 0 Å². The first-order chi connectivity index (χ1) is 5.83. The van der Waals surface area contributed by atoms with Crippen molar-refractivity contribution in [3.63, 3.8) is 0 Å². The quantitative estimate of drug-likeness (QED) is 0.653. The third-order valence-corrected chi connectivity index (χ3v) is 4.62. The fourth-order valence-electron chi connectivity index (χ4n) is 0.516. The smallest absolute Gasteiger partial charge is 0.327 e. The van der Waals surface area contributed by atoms with Crippen LogP contribution in [-0.2, 0) is 22.7 Å². The van der Waals surface area contributed by atoms with E-state index in [1.54, 1.807) is 0 Å². The van der Waals surface area contributed by atoms with Crippen LogP contribution < -0.4 is 0 Å². The van der Waals surface area contributed by atoms with Gasteiger partial charge in [0.1, 0.15) is 0 Å². The number of hydrogen-bond acceptors (Lipinski definition) is 5. The maximum atomic E-state index is 11.3. The second-order valence-electron chi connectivity index (χ2n) is 2.71. The van der Waals surface area contributed by atoms with Crippen molar-refractivity contribution in [2.24, 2.45) is 0 Å². The molecule has 0 rings (SSSR count). The third-order valence-electron chi connectivity index (χ3n) is 1.54. The Labute approximate surface area is 78.7 Å². The van der Waals surface area contributed by atoms with Crippen LogP contribution in [0.15, 0.2) is 0 Å². The van der Waals surface area contributed by atoms with E-state index in [9.17, 15) is 9.13 Å². The van der Waals surface area contributed by atoms with Crippen LogP contribution >= 0.6 is 15.0 Å². The molecule has 0 aromatic rings. The Hall–Kier alpha value is 0.340. The highest BCUT2D eigenvalue weighted by Crippen LogP contribution is 2.46. The Morgan fingerprint density at radius 3 is 2.00 bits per heavy atom. The fraction of sp³-hybridized carbons (Fsp3) is 1.00. The van der Waals surface area contributed by atoms with E-state index in [0.29, 0.717) is 0 Å². The maximum Gasteiger partial charge on any atom is 0.327 e. The molecule has 80 valence electrons. The number of hydrogen-bond donors (Lipinski definition) is 0. The molecule has 0 radical (unpaired) electrons. The van der Waals surface area contributed by atoms with Crippen molar-refractivity contribution in [3.8, 4) is 0 Å². The summed E-state index contributed by atoms with van der Waals surface area (Å²) in [6.07, 6.45) is 0.241. The summed E-state index contributed by atoms with van der Waals surface area (Å²) in [5.41, 5.74) is 0. The van der Waals surface area contributed by atoms with E-state index in [1.165, 1.54) is 27.5 Å². The molecule has 0 heterocycles. The first kappa shape index (κ1) is 13.3. The van der Waals surface area contributed by atoms with Gasteiger partial charge in [-0.05, 0) is 0 Å². The van der Waals surface area contributed by atoms with Gasteiger partial charge in [0.2, 0.25) is 7.37 Å². The fourth-order valence-corrected chi connectivity index (χ4v) is 1.79. The highest BCUT2D eigenvalue weighted by Gasteiger charge is 2.18. The number of rotatable bonds is 6. The molecule has 0 aliphatic heterocycles. The van der Waals surface area contributed by atoms with Gasteiger partial charge in [-0.1, -0.05) is 0 Å². The second kappa shape index (κ2) is 5.28. The summed E-state index contributed by atoms with van der Waals surface area (Å²) >= 11 is 0. The zero-order chi connectivity index (χ0) is 10.5. The van der Waals surface area contributed by atoms with E-state index in [2.05, 4.69) is 4.52 Å². The van der Waals surface area contributed by atoms with Crippen LogP contribution in [0.1, 0.15) is 0 Å². The molecule has 7 heteroatoms. The summed E-state index contributed by atoms with van der Waals surface area (Å²) in [7, 11) is -2.83. The molecule has 0 bridgehead atoms. The van der Waals surface area contributed by atoms with Gasteiger partial charge in [-0.15, -0.1) is 0 Å². The van der Waals surface area contributed by atoms with Crippen LogP contribution in [0, 0.1) is 0 Å². The molecule has 0 aromatic heterocycles. The molecule has 2 unspecified atom stereocenters. The van der Waals surface area contributed by atoms with Gasteiger partial charge in [-0.3, -0.25) is 9.13 Å². The Balaban J connectivity index is 3.81. The summed E-state index contributed by atoms with van der Waals surface area (Å²) in [4.78, 5) is 0. The van der Waals surface area contributed by atoms with E-state index in [4.69, 9.17) is 9.05 Å². The minimum absolute atomic E-state index is 0.114. The zero-order valence-electron chi connectivity index (χ0n) is 8.35. The van der Waals surface area contributed by atoms with Crippen LogP contribution in [0.25, 0.3) is 0 Å². The van der Waals surface area contributed by atoms with Gasteiger partial charge in [0.15, 0.2) is 0 Å². The summed E-state index contributed by atoms with van der Waals surface area (Å²) < 4.78 is 36.7. The average molecular weight is 230 g/mol. The highest BCUT2D eigenvalue weighted by atomic mass is 31.2. The van der Waals surface area contributed by atoms with Gasteiger partial charge in [0.05, 0.1) is 6.61 Å². The Kier molecular flexibility index (Phi) is 5.42. The van der Waals surface area contributed by atoms with Crippen LogP contribution in [0.2, 0.25) is 0 Å². The lowest BCUT2D eigenvalue weighted by atomic mass is 10.9. The van der Waals surface area contributed by atoms with Crippen molar-refractivity contribution >= 4 is 15.0 Å². The Morgan fingerprint density at radius 2 is 1.62 bits per heavy atom. The van der Waals surface area contributed by atoms with E-state index < -0.39 is 15.0 Å². The lowest BCUT2D eigenvalue weighted by Crippen LogP contribution is -2.00. The minimum Gasteiger partial charge on any atom is -0.332 e. The zero-order valence-corrected chi connectivity index (χ0v) is 10.1. The van der Waals surface area contributed by atoms with Gasteiger partial charge in [0, 0.05) is 33.7 Å². The average Bonchev–Trinajstić information content (AvgIpc) is 2.04. The first-order valence-corrected chi connectivity index (χ1v) is 7.98. The summed E-state index contributed by atoms with van der Waals surface area (Å²) in [6.45, 7) is 2.98. The molecule has 13 heavy (non-hydrogen) atoms. The van der Waals surface area contributed by atoms with Gasteiger partial charge in [0.25, 0.3) is 0 Å². The van der Waals surface area contributed by atoms with Crippen molar-refractivity contribution in [1.82, 2.24) is 0 Å². The van der Waals surface area contributed by atoms with Gasteiger partial charge in [-0.25, -0.2) is 0 Å². The normalized spacial score (nSPS) is 20.6. The molecule has 5 nitrogen and oxygen atoms in total. The van der Waals surface area contributed by atoms with Crippen LogP contribution in [0.4, 0.5) is 0 Å². The molecule has 0 aliphatic carbocycles. The maximum absolute atomic E-state index is 11.3. The van der Waals surface area contributed by atoms with E-state index in [-0.39, 0.29) is 12.8 Å². The summed E-state index contributed by atoms with van der Waals surface area (Å²) in [5.74, 6) is 0. The monoisotopic (exact) mass is 230 g/mol. The third kappa shape index (κ3) is 6.42. The predicted octanol–water partition coefficient (Wildman–Crippen LogP) is 2.03. The molecule has 0 saturated heterocycles. The molecule has 0 aromatic carbocycles. The van der Waals surface area contributed by atoms with E-state index in [0.717, 1.165) is 0 Å². The molecular formula is C6H16O5P2. The van der Waals surface area contributed by atoms with Gasteiger partial charge >= 0.3 is 7.60 Å². The standard InChI is InChI=1S/C6H16O5P2/c1-9-12(3,7)6-5-11-13(4,8)10-2/h5-6H2,1-4H3. The molecule has 0 N–H and O–H groups in total. The lowest BCUT2D eigenvalue weighted by Gasteiger charge is -2.13. The molecular weight excluding hydrogens is 214 g/mol. The molecule has 0 saturated carbocycles. The van der Waals surface area contributed by atoms with Crippen molar-refractivity contribution in [2.45, 2.75) is 0 Å². The van der Waals surface area contributed by atoms with Gasteiger partial charge < -0.3 is 13.6 Å². The molecule has 0 fully saturated rings. The summed E-state index contributed by atoms with van der Waals surface area (Å²) in [6, 6.07) is 0. The predicted molar refractivity (Wildman–Crippen MR) is 51.9 cm³/mol. The molecule has 2 atom stereocenters. The largest absolute Gasteiger partial charge is 0.332 e. The highest BCUT2D eigenvalue weighted by molar-refractivity contribution is 7.58. The Bertz CT molecular complexity index is 215. The van der Waals surface area contributed by atoms with Crippen molar-refractivity contribution in [2.75, 3.05) is 40.3 Å². The topological polar surface area (TPSA) is 61.8 Å². The van der Waals surface area contributed by atoms with Gasteiger partial charge in [-0.2, -0.15) is 0 Å². The molecule has 0 amide bonds. The van der Waals surface area contributed by atoms with E-state index in [1.807, 2.05) is 0 Å². The van der Waals surface area contributed by atoms with Crippen LogP contribution in [0.5, 0.6) is 0 Å². The van der Waals surface area contributed by atoms with Crippen molar-refractivity contribution < 1.29 is 22.7 Å². The molecule has 0 aliphatic rings. The first-order valence-electron chi connectivity index (χ1n) is 3.73. The van der Waals surface area contributed by atoms with Crippen LogP contribution in [0.3, 0.4) is 0 Å². The minimum atomic E-state index is -2.95. The van der Waals surface area contributed by atoms with Crippen LogP contribution in [-0.4, -0.2) is 40.3 Å². The van der Waals surface area contributed by atoms with E-state index >= 15 is 0 Å². The lowest BCUT2D eigenvalue weighted by molar-refractivity contribution is 0.248. The molecule has 0 spiro atoms. The Morgan fingerprint density at radius 1 is 1.08 bits per heavy atom. The second-order valence-corrected chi connectivity index (χ2v) is 7.71. The SMILES string of the molecule is COP(C)(=O)CCOP(C)(=O)OC.